The molecule has 2 heterocycles. The number of hydrogen-bond acceptors (Lipinski definition) is 3. The van der Waals surface area contributed by atoms with Crippen molar-refractivity contribution in [1.29, 1.82) is 0 Å². The first-order valence-corrected chi connectivity index (χ1v) is 7.47. The molecule has 0 aliphatic carbocycles. The number of piperidine rings is 1. The molecule has 108 valence electrons. The number of carbonyl (C=O) groups excluding carboxylic acids is 1. The molecule has 1 amide bonds. The van der Waals surface area contributed by atoms with Crippen LogP contribution in [0.5, 0.6) is 5.75 Å². The second kappa shape index (κ2) is 5.44. The molecule has 4 nitrogen and oxygen atoms in total. The molecule has 4 heteroatoms. The van der Waals surface area contributed by atoms with Crippen molar-refractivity contribution in [2.75, 3.05) is 13.2 Å². The number of benzene rings is 1. The molecule has 2 atom stereocenters. The van der Waals surface area contributed by atoms with Crippen LogP contribution < -0.4 is 15.4 Å². The van der Waals surface area contributed by atoms with E-state index in [2.05, 4.69) is 10.6 Å². The van der Waals surface area contributed by atoms with E-state index < -0.39 is 5.54 Å². The maximum absolute atomic E-state index is 12.6. The fourth-order valence-corrected chi connectivity index (χ4v) is 3.06. The molecule has 3 rings (SSSR count). The Bertz CT molecular complexity index is 495. The van der Waals surface area contributed by atoms with Gasteiger partial charge in [0, 0.05) is 12.0 Å². The molecular weight excluding hydrogens is 252 g/mol. The largest absolute Gasteiger partial charge is 0.493 e. The minimum absolute atomic E-state index is 0.0630. The molecule has 0 aromatic heterocycles. The van der Waals surface area contributed by atoms with Crippen molar-refractivity contribution < 1.29 is 9.53 Å². The Morgan fingerprint density at radius 3 is 3.05 bits per heavy atom. The lowest BCUT2D eigenvalue weighted by atomic mass is 9.89. The Labute approximate surface area is 119 Å². The maximum Gasteiger partial charge on any atom is 0.240 e. The van der Waals surface area contributed by atoms with Crippen LogP contribution in [0, 0.1) is 0 Å². The molecule has 2 N–H and O–H groups in total. The number of rotatable bonds is 2. The van der Waals surface area contributed by atoms with Crippen LogP contribution in [0.15, 0.2) is 24.3 Å². The zero-order chi connectivity index (χ0) is 14.0. The van der Waals surface area contributed by atoms with Crippen molar-refractivity contribution in [3.05, 3.63) is 29.8 Å². The summed E-state index contributed by atoms with van der Waals surface area (Å²) >= 11 is 0. The van der Waals surface area contributed by atoms with E-state index in [4.69, 9.17) is 4.74 Å². The van der Waals surface area contributed by atoms with Crippen LogP contribution in [-0.2, 0) is 4.79 Å². The molecule has 0 bridgehead atoms. The lowest BCUT2D eigenvalue weighted by Crippen LogP contribution is -2.57. The minimum Gasteiger partial charge on any atom is -0.493 e. The molecule has 2 unspecified atom stereocenters. The summed E-state index contributed by atoms with van der Waals surface area (Å²) < 4.78 is 5.64. The number of para-hydroxylation sites is 1. The topological polar surface area (TPSA) is 50.4 Å². The highest BCUT2D eigenvalue weighted by molar-refractivity contribution is 5.86. The van der Waals surface area contributed by atoms with E-state index in [1.807, 2.05) is 31.2 Å². The van der Waals surface area contributed by atoms with Gasteiger partial charge >= 0.3 is 0 Å². The summed E-state index contributed by atoms with van der Waals surface area (Å²) in [6.07, 6.45) is 4.01. The first kappa shape index (κ1) is 13.4. The van der Waals surface area contributed by atoms with Gasteiger partial charge in [0.25, 0.3) is 0 Å². The van der Waals surface area contributed by atoms with E-state index in [0.29, 0.717) is 6.61 Å². The first-order chi connectivity index (χ1) is 9.69. The van der Waals surface area contributed by atoms with Gasteiger partial charge in [-0.1, -0.05) is 18.2 Å². The smallest absolute Gasteiger partial charge is 0.240 e. The normalized spacial score (nSPS) is 29.1. The van der Waals surface area contributed by atoms with Crippen molar-refractivity contribution in [3.63, 3.8) is 0 Å². The van der Waals surface area contributed by atoms with Gasteiger partial charge in [0.15, 0.2) is 0 Å². The average molecular weight is 274 g/mol. The van der Waals surface area contributed by atoms with Crippen LogP contribution in [0.2, 0.25) is 0 Å². The van der Waals surface area contributed by atoms with Gasteiger partial charge in [0.1, 0.15) is 5.75 Å². The van der Waals surface area contributed by atoms with E-state index in [1.165, 1.54) is 0 Å². The van der Waals surface area contributed by atoms with Crippen LogP contribution >= 0.6 is 0 Å². The summed E-state index contributed by atoms with van der Waals surface area (Å²) in [6.45, 7) is 3.59. The standard InChI is InChI=1S/C16H22N2O2/c1-16(9-4-5-10-17-16)15(19)18-13-8-11-20-14-7-3-2-6-12(13)14/h2-3,6-7,13,17H,4-5,8-11H2,1H3,(H,18,19). The van der Waals surface area contributed by atoms with Gasteiger partial charge in [-0.3, -0.25) is 4.79 Å². The number of nitrogens with one attached hydrogen (secondary N) is 2. The third-order valence-corrected chi connectivity index (χ3v) is 4.38. The quantitative estimate of drug-likeness (QED) is 0.869. The van der Waals surface area contributed by atoms with Crippen molar-refractivity contribution in [2.45, 2.75) is 44.2 Å². The summed E-state index contributed by atoms with van der Waals surface area (Å²) in [5.74, 6) is 1.00. The van der Waals surface area contributed by atoms with Crippen molar-refractivity contribution in [3.8, 4) is 5.75 Å². The Balaban J connectivity index is 1.74. The van der Waals surface area contributed by atoms with Gasteiger partial charge in [-0.2, -0.15) is 0 Å². The summed E-state index contributed by atoms with van der Waals surface area (Å²) in [7, 11) is 0. The third-order valence-electron chi connectivity index (χ3n) is 4.38. The van der Waals surface area contributed by atoms with Gasteiger partial charge in [0.05, 0.1) is 18.2 Å². The highest BCUT2D eigenvalue weighted by Crippen LogP contribution is 2.32. The van der Waals surface area contributed by atoms with Gasteiger partial charge in [-0.05, 0) is 38.8 Å². The lowest BCUT2D eigenvalue weighted by Gasteiger charge is -2.36. The van der Waals surface area contributed by atoms with E-state index in [9.17, 15) is 4.79 Å². The van der Waals surface area contributed by atoms with Crippen LogP contribution in [-0.4, -0.2) is 24.6 Å². The summed E-state index contributed by atoms with van der Waals surface area (Å²) in [4.78, 5) is 12.6. The summed E-state index contributed by atoms with van der Waals surface area (Å²) in [5, 5.41) is 6.57. The van der Waals surface area contributed by atoms with E-state index >= 15 is 0 Å². The van der Waals surface area contributed by atoms with Gasteiger partial charge in [-0.15, -0.1) is 0 Å². The van der Waals surface area contributed by atoms with E-state index in [-0.39, 0.29) is 11.9 Å². The molecule has 0 spiro atoms. The van der Waals surface area contributed by atoms with Crippen LogP contribution in [0.1, 0.15) is 44.2 Å². The number of ether oxygens (including phenoxy) is 1. The zero-order valence-electron chi connectivity index (χ0n) is 11.9. The van der Waals surface area contributed by atoms with Crippen LogP contribution in [0.25, 0.3) is 0 Å². The van der Waals surface area contributed by atoms with Crippen LogP contribution in [0.4, 0.5) is 0 Å². The molecule has 0 radical (unpaired) electrons. The fraction of sp³-hybridized carbons (Fsp3) is 0.562. The van der Waals surface area contributed by atoms with Crippen molar-refractivity contribution >= 4 is 5.91 Å². The predicted molar refractivity (Wildman–Crippen MR) is 77.7 cm³/mol. The van der Waals surface area contributed by atoms with Crippen molar-refractivity contribution in [1.82, 2.24) is 10.6 Å². The number of fused-ring (bicyclic) bond motifs is 1. The second-order valence-electron chi connectivity index (χ2n) is 5.92. The fourth-order valence-electron chi connectivity index (χ4n) is 3.06. The molecule has 0 saturated carbocycles. The van der Waals surface area contributed by atoms with Crippen molar-refractivity contribution in [2.24, 2.45) is 0 Å². The van der Waals surface area contributed by atoms with Crippen LogP contribution in [0.3, 0.4) is 0 Å². The van der Waals surface area contributed by atoms with E-state index in [0.717, 1.165) is 43.5 Å². The maximum atomic E-state index is 12.6. The lowest BCUT2D eigenvalue weighted by molar-refractivity contribution is -0.128. The Morgan fingerprint density at radius 2 is 2.25 bits per heavy atom. The summed E-state index contributed by atoms with van der Waals surface area (Å²) in [5.41, 5.74) is 0.664. The summed E-state index contributed by atoms with van der Waals surface area (Å²) in [6, 6.07) is 8.03. The number of hydrogen-bond donors (Lipinski definition) is 2. The predicted octanol–water partition coefficient (Wildman–Crippen LogP) is 2.16. The molecule has 1 aromatic carbocycles. The second-order valence-corrected chi connectivity index (χ2v) is 5.92. The minimum atomic E-state index is -0.425. The highest BCUT2D eigenvalue weighted by atomic mass is 16.5. The average Bonchev–Trinajstić information content (AvgIpc) is 2.48. The SMILES string of the molecule is CC1(C(=O)NC2CCOc3ccccc32)CCCCN1. The van der Waals surface area contributed by atoms with E-state index in [1.54, 1.807) is 0 Å². The molecular formula is C16H22N2O2. The Hall–Kier alpha value is -1.55. The zero-order valence-corrected chi connectivity index (χ0v) is 11.9. The molecule has 2 aliphatic rings. The third kappa shape index (κ3) is 2.52. The van der Waals surface area contributed by atoms with Gasteiger partial charge in [0.2, 0.25) is 5.91 Å². The van der Waals surface area contributed by atoms with Gasteiger partial charge in [-0.25, -0.2) is 0 Å². The van der Waals surface area contributed by atoms with Gasteiger partial charge < -0.3 is 15.4 Å². The Morgan fingerprint density at radius 1 is 1.40 bits per heavy atom. The number of amides is 1. The molecule has 1 fully saturated rings. The monoisotopic (exact) mass is 274 g/mol. The number of carbonyl (C=O) groups is 1. The first-order valence-electron chi connectivity index (χ1n) is 7.47. The molecule has 2 aliphatic heterocycles. The molecule has 1 saturated heterocycles. The molecule has 1 aromatic rings. The highest BCUT2D eigenvalue weighted by Gasteiger charge is 2.36. The molecule has 20 heavy (non-hydrogen) atoms. The Kier molecular flexibility index (Phi) is 3.66.